The maximum atomic E-state index is 12.4. The Labute approximate surface area is 130 Å². The van der Waals surface area contributed by atoms with Gasteiger partial charge < -0.3 is 4.74 Å². The van der Waals surface area contributed by atoms with Crippen molar-refractivity contribution < 1.29 is 14.3 Å². The minimum Gasteiger partial charge on any atom is -0.466 e. The number of ketones is 1. The molecular formula is C19H18O3. The molecule has 3 nitrogen and oxygen atoms in total. The number of methoxy groups -OCH3 is 1. The minimum absolute atomic E-state index is 0.00778. The number of hydrogen-bond donors (Lipinski definition) is 0. The van der Waals surface area contributed by atoms with Crippen LogP contribution in [-0.4, -0.2) is 18.9 Å². The summed E-state index contributed by atoms with van der Waals surface area (Å²) in [5.41, 5.74) is 2.28. The molecule has 3 heteroatoms. The number of benzene rings is 2. The van der Waals surface area contributed by atoms with Crippen molar-refractivity contribution in [2.24, 2.45) is 0 Å². The summed E-state index contributed by atoms with van der Waals surface area (Å²) >= 11 is 0. The maximum absolute atomic E-state index is 12.4. The highest BCUT2D eigenvalue weighted by atomic mass is 16.5. The van der Waals surface area contributed by atoms with Crippen molar-refractivity contribution in [1.82, 2.24) is 0 Å². The van der Waals surface area contributed by atoms with E-state index in [-0.39, 0.29) is 17.7 Å². The molecule has 0 N–H and O–H groups in total. The molecule has 0 fully saturated rings. The summed E-state index contributed by atoms with van der Waals surface area (Å²) in [5.74, 6) is -0.377. The molecule has 112 valence electrons. The molecule has 1 unspecified atom stereocenters. The Balaban J connectivity index is 2.21. The third kappa shape index (κ3) is 3.92. The van der Waals surface area contributed by atoms with Gasteiger partial charge in [-0.15, -0.1) is 0 Å². The Hall–Kier alpha value is -2.68. The third-order valence-electron chi connectivity index (χ3n) is 3.43. The Kier molecular flexibility index (Phi) is 5.26. The molecule has 2 rings (SSSR count). The minimum atomic E-state index is -0.386. The third-order valence-corrected chi connectivity index (χ3v) is 3.43. The zero-order chi connectivity index (χ0) is 15.9. The highest BCUT2D eigenvalue weighted by Crippen LogP contribution is 2.19. The Bertz CT molecular complexity index is 687. The van der Waals surface area contributed by atoms with Crippen LogP contribution >= 0.6 is 0 Å². The largest absolute Gasteiger partial charge is 0.466 e. The summed E-state index contributed by atoms with van der Waals surface area (Å²) in [6.07, 6.45) is 3.16. The van der Waals surface area contributed by atoms with E-state index in [1.54, 1.807) is 24.3 Å². The van der Waals surface area contributed by atoms with E-state index in [2.05, 4.69) is 4.74 Å². The zero-order valence-electron chi connectivity index (χ0n) is 12.7. The second kappa shape index (κ2) is 7.36. The van der Waals surface area contributed by atoms with Crippen LogP contribution in [0.5, 0.6) is 0 Å². The van der Waals surface area contributed by atoms with Gasteiger partial charge in [-0.25, -0.2) is 4.79 Å². The molecule has 0 bridgehead atoms. The van der Waals surface area contributed by atoms with Gasteiger partial charge in [0.2, 0.25) is 0 Å². The molecule has 0 saturated carbocycles. The maximum Gasteiger partial charge on any atom is 0.330 e. The molecule has 22 heavy (non-hydrogen) atoms. The zero-order valence-corrected chi connectivity index (χ0v) is 12.7. The second-order valence-corrected chi connectivity index (χ2v) is 4.99. The molecule has 0 aliphatic carbocycles. The molecule has 0 radical (unpaired) electrons. The number of hydrogen-bond acceptors (Lipinski definition) is 3. The lowest BCUT2D eigenvalue weighted by Crippen LogP contribution is -2.02. The molecular weight excluding hydrogens is 276 g/mol. The fourth-order valence-corrected chi connectivity index (χ4v) is 2.12. The first-order valence-electron chi connectivity index (χ1n) is 7.07. The van der Waals surface area contributed by atoms with Crippen molar-refractivity contribution in [3.8, 4) is 0 Å². The van der Waals surface area contributed by atoms with Crippen molar-refractivity contribution in [2.45, 2.75) is 12.8 Å². The van der Waals surface area contributed by atoms with E-state index in [1.807, 2.05) is 43.3 Å². The fourth-order valence-electron chi connectivity index (χ4n) is 2.12. The number of allylic oxidation sites excluding steroid dienone is 1. The van der Waals surface area contributed by atoms with Gasteiger partial charge in [-0.05, 0) is 17.5 Å². The molecule has 1 atom stereocenters. The van der Waals surface area contributed by atoms with Gasteiger partial charge in [-0.3, -0.25) is 4.79 Å². The van der Waals surface area contributed by atoms with Gasteiger partial charge >= 0.3 is 5.97 Å². The predicted octanol–water partition coefficient (Wildman–Crippen LogP) is 3.75. The van der Waals surface area contributed by atoms with E-state index < -0.39 is 0 Å². The quantitative estimate of drug-likeness (QED) is 0.479. The molecule has 0 aliphatic rings. The van der Waals surface area contributed by atoms with Crippen LogP contribution in [-0.2, 0) is 9.53 Å². The van der Waals surface area contributed by atoms with Crippen molar-refractivity contribution in [3.05, 3.63) is 83.4 Å². The summed E-state index contributed by atoms with van der Waals surface area (Å²) in [6, 6.07) is 16.6. The van der Waals surface area contributed by atoms with E-state index >= 15 is 0 Å². The first kappa shape index (κ1) is 15.7. The van der Waals surface area contributed by atoms with Crippen molar-refractivity contribution in [2.75, 3.05) is 7.11 Å². The Morgan fingerprint density at radius 3 is 2.36 bits per heavy atom. The van der Waals surface area contributed by atoms with Crippen LogP contribution in [0.4, 0.5) is 0 Å². The van der Waals surface area contributed by atoms with E-state index in [1.165, 1.54) is 13.2 Å². The van der Waals surface area contributed by atoms with Gasteiger partial charge in [0.1, 0.15) is 0 Å². The highest BCUT2D eigenvalue weighted by molar-refractivity contribution is 6.09. The lowest BCUT2D eigenvalue weighted by Gasteiger charge is -2.09. The van der Waals surface area contributed by atoms with Crippen LogP contribution in [0.25, 0.3) is 0 Å². The van der Waals surface area contributed by atoms with Gasteiger partial charge in [0, 0.05) is 17.2 Å². The topological polar surface area (TPSA) is 43.4 Å². The van der Waals surface area contributed by atoms with Crippen LogP contribution in [0.3, 0.4) is 0 Å². The monoisotopic (exact) mass is 294 g/mol. The normalized spacial score (nSPS) is 12.1. The lowest BCUT2D eigenvalue weighted by atomic mass is 9.95. The van der Waals surface area contributed by atoms with E-state index in [0.717, 1.165) is 5.56 Å². The Morgan fingerprint density at radius 1 is 1.00 bits per heavy atom. The predicted molar refractivity (Wildman–Crippen MR) is 85.9 cm³/mol. The molecule has 0 saturated heterocycles. The van der Waals surface area contributed by atoms with E-state index in [9.17, 15) is 9.59 Å². The number of ether oxygens (including phenoxy) is 1. The summed E-state index contributed by atoms with van der Waals surface area (Å²) in [4.78, 5) is 23.6. The molecule has 0 amide bonds. The van der Waals surface area contributed by atoms with Crippen LogP contribution in [0.2, 0.25) is 0 Å². The SMILES string of the molecule is COC(=O)/C=C\C(C)c1cccc(C(=O)c2ccccc2)c1. The van der Waals surface area contributed by atoms with Crippen LogP contribution < -0.4 is 0 Å². The number of carbonyl (C=O) groups is 2. The van der Waals surface area contributed by atoms with Crippen molar-refractivity contribution in [3.63, 3.8) is 0 Å². The summed E-state index contributed by atoms with van der Waals surface area (Å²) in [7, 11) is 1.34. The molecule has 0 aromatic heterocycles. The second-order valence-electron chi connectivity index (χ2n) is 4.99. The molecule has 0 aliphatic heterocycles. The van der Waals surface area contributed by atoms with E-state index in [4.69, 9.17) is 0 Å². The molecule has 0 spiro atoms. The van der Waals surface area contributed by atoms with Gasteiger partial charge in [0.15, 0.2) is 5.78 Å². The van der Waals surface area contributed by atoms with Crippen LogP contribution in [0.15, 0.2) is 66.7 Å². The smallest absolute Gasteiger partial charge is 0.330 e. The van der Waals surface area contributed by atoms with Crippen LogP contribution in [0, 0.1) is 0 Å². The molecule has 2 aromatic carbocycles. The summed E-state index contributed by atoms with van der Waals surface area (Å²) in [6.45, 7) is 1.96. The first-order valence-corrected chi connectivity index (χ1v) is 7.07. The van der Waals surface area contributed by atoms with E-state index in [0.29, 0.717) is 11.1 Å². The van der Waals surface area contributed by atoms with Gasteiger partial charge in [0.25, 0.3) is 0 Å². The lowest BCUT2D eigenvalue weighted by molar-refractivity contribution is -0.134. The Morgan fingerprint density at radius 2 is 1.68 bits per heavy atom. The average Bonchev–Trinajstić information content (AvgIpc) is 2.59. The van der Waals surface area contributed by atoms with Crippen molar-refractivity contribution in [1.29, 1.82) is 0 Å². The van der Waals surface area contributed by atoms with Gasteiger partial charge in [0.05, 0.1) is 7.11 Å². The molecule has 0 heterocycles. The van der Waals surface area contributed by atoms with Gasteiger partial charge in [-0.1, -0.05) is 61.5 Å². The fraction of sp³-hybridized carbons (Fsp3) is 0.158. The average molecular weight is 294 g/mol. The highest BCUT2D eigenvalue weighted by Gasteiger charge is 2.10. The van der Waals surface area contributed by atoms with Crippen LogP contribution in [0.1, 0.15) is 34.3 Å². The van der Waals surface area contributed by atoms with Crippen molar-refractivity contribution >= 4 is 11.8 Å². The number of carbonyl (C=O) groups excluding carboxylic acids is 2. The summed E-state index contributed by atoms with van der Waals surface area (Å²) in [5, 5.41) is 0. The van der Waals surface area contributed by atoms with Gasteiger partial charge in [-0.2, -0.15) is 0 Å². The summed E-state index contributed by atoms with van der Waals surface area (Å²) < 4.78 is 4.58. The molecule has 2 aromatic rings. The number of rotatable bonds is 5. The standard InChI is InChI=1S/C19H18O3/c1-14(11-12-18(20)22-2)16-9-6-10-17(13-16)19(21)15-7-4-3-5-8-15/h3-14H,1-2H3/b12-11-. The number of esters is 1. The first-order chi connectivity index (χ1) is 10.6.